The van der Waals surface area contributed by atoms with Gasteiger partial charge in [-0.1, -0.05) is 96.0 Å². The predicted molar refractivity (Wildman–Crippen MR) is 260 cm³/mol. The van der Waals surface area contributed by atoms with Crippen LogP contribution in [0.1, 0.15) is 35.4 Å². The number of anilines is 4. The van der Waals surface area contributed by atoms with E-state index in [1.54, 1.807) is 34.1 Å². The summed E-state index contributed by atoms with van der Waals surface area (Å²) >= 11 is 11.8. The summed E-state index contributed by atoms with van der Waals surface area (Å²) in [5.74, 6) is 0.315. The summed E-state index contributed by atoms with van der Waals surface area (Å²) in [5, 5.41) is 6.04. The molecule has 352 valence electrons. The van der Waals surface area contributed by atoms with Gasteiger partial charge in [0.2, 0.25) is 0 Å². The third-order valence-electron chi connectivity index (χ3n) is 13.6. The number of halogens is 4. The van der Waals surface area contributed by atoms with Crippen LogP contribution in [0.5, 0.6) is 0 Å². The molecule has 70 heavy (non-hydrogen) atoms. The van der Waals surface area contributed by atoms with Crippen molar-refractivity contribution >= 4 is 80.5 Å². The molecule has 0 spiro atoms. The van der Waals surface area contributed by atoms with Crippen LogP contribution in [0, 0.1) is 23.5 Å². The summed E-state index contributed by atoms with van der Waals surface area (Å²) in [5.41, 5.74) is 5.99. The molecule has 4 atom stereocenters. The highest BCUT2D eigenvalue weighted by molar-refractivity contribution is 6.31. The Balaban J connectivity index is 0.000000152. The number of likely N-dealkylation sites (tertiary alicyclic amines) is 2. The van der Waals surface area contributed by atoms with Crippen molar-refractivity contribution < 1.29 is 27.8 Å². The number of pyridine rings is 2. The van der Waals surface area contributed by atoms with Crippen LogP contribution in [0.25, 0.3) is 22.1 Å². The van der Waals surface area contributed by atoms with Gasteiger partial charge in [-0.3, -0.25) is 0 Å². The van der Waals surface area contributed by atoms with Gasteiger partial charge in [-0.15, -0.1) is 0 Å². The van der Waals surface area contributed by atoms with E-state index in [2.05, 4.69) is 30.6 Å². The van der Waals surface area contributed by atoms with Crippen molar-refractivity contribution in [3.63, 3.8) is 0 Å². The van der Waals surface area contributed by atoms with Crippen molar-refractivity contribution in [1.29, 1.82) is 0 Å². The quantitative estimate of drug-likeness (QED) is 0.134. The van der Waals surface area contributed by atoms with E-state index in [0.29, 0.717) is 71.7 Å². The molecule has 0 radical (unpaired) electrons. The summed E-state index contributed by atoms with van der Waals surface area (Å²) in [6, 6.07) is 36.4. The topological polar surface area (TPSA) is 160 Å². The lowest BCUT2D eigenvalue weighted by molar-refractivity contribution is 0.0990. The Kier molecular flexibility index (Phi) is 11.8. The van der Waals surface area contributed by atoms with Gasteiger partial charge in [-0.2, -0.15) is 0 Å². The number of carbonyl (C=O) groups is 2. The molecule has 2 saturated heterocycles. The minimum Gasteiger partial charge on any atom is -0.445 e. The molecule has 0 bridgehead atoms. The molecule has 2 unspecified atom stereocenters. The standard InChI is InChI=1S/2C26H21ClFN5O2/c2*27-18-7-4-8-19(22(18)28)31-24-23-20(29-15-30-24)9-10-21(32-23)26-11-17(26)12-33(14-26)25(34)35-13-16-5-2-1-3-6-16/h2*1-10,15,17H,11-14H2,(H,29,30,31)/t17-,26-;/m1./s1. The van der Waals surface area contributed by atoms with Gasteiger partial charge >= 0.3 is 12.2 Å². The molecular formula is C52H42Cl2F2N10O4. The van der Waals surface area contributed by atoms with Gasteiger partial charge in [0.05, 0.1) is 32.5 Å². The first-order valence-electron chi connectivity index (χ1n) is 22.6. The van der Waals surface area contributed by atoms with Gasteiger partial charge < -0.3 is 29.9 Å². The second-order valence-electron chi connectivity index (χ2n) is 18.0. The van der Waals surface area contributed by atoms with Crippen molar-refractivity contribution in [2.24, 2.45) is 11.8 Å². The highest BCUT2D eigenvalue weighted by atomic mass is 35.5. The molecule has 4 aromatic heterocycles. The first-order chi connectivity index (χ1) is 34.1. The third kappa shape index (κ3) is 8.73. The Bertz CT molecular complexity index is 3090. The van der Waals surface area contributed by atoms with E-state index in [4.69, 9.17) is 42.6 Å². The fraction of sp³-hybridized carbons (Fsp3) is 0.231. The largest absolute Gasteiger partial charge is 0.445 e. The molecule has 4 aliphatic rings. The molecule has 12 rings (SSSR count). The van der Waals surface area contributed by atoms with Gasteiger partial charge in [0.15, 0.2) is 23.3 Å². The Morgan fingerprint density at radius 3 is 1.43 bits per heavy atom. The van der Waals surface area contributed by atoms with Gasteiger partial charge in [0.1, 0.15) is 36.9 Å². The van der Waals surface area contributed by atoms with E-state index in [0.717, 1.165) is 35.4 Å². The second kappa shape index (κ2) is 18.4. The minimum atomic E-state index is -0.557. The van der Waals surface area contributed by atoms with Crippen LogP contribution in [0.2, 0.25) is 10.0 Å². The molecule has 2 amide bonds. The van der Waals surface area contributed by atoms with E-state index in [9.17, 15) is 18.4 Å². The summed E-state index contributed by atoms with van der Waals surface area (Å²) < 4.78 is 40.0. The highest BCUT2D eigenvalue weighted by Gasteiger charge is 2.64. The first-order valence-corrected chi connectivity index (χ1v) is 23.4. The number of nitrogens with zero attached hydrogens (tertiary/aromatic N) is 8. The summed E-state index contributed by atoms with van der Waals surface area (Å²) in [6.45, 7) is 2.85. The molecule has 4 aromatic carbocycles. The van der Waals surface area contributed by atoms with E-state index >= 15 is 0 Å². The molecule has 4 fully saturated rings. The Hall–Kier alpha value is -7.56. The zero-order chi connectivity index (χ0) is 48.0. The maximum atomic E-state index is 14.5. The maximum Gasteiger partial charge on any atom is 0.410 e. The lowest BCUT2D eigenvalue weighted by Crippen LogP contribution is -2.33. The number of ether oxygens (including phenoxy) is 2. The Labute approximate surface area is 410 Å². The summed E-state index contributed by atoms with van der Waals surface area (Å²) in [4.78, 5) is 55.9. The van der Waals surface area contributed by atoms with E-state index in [-0.39, 0.29) is 57.7 Å². The molecule has 2 N–H and O–H groups in total. The number of nitrogens with one attached hydrogen (secondary N) is 2. The highest BCUT2D eigenvalue weighted by Crippen LogP contribution is 2.60. The fourth-order valence-electron chi connectivity index (χ4n) is 9.73. The number of carbonyl (C=O) groups excluding carboxylic acids is 2. The van der Waals surface area contributed by atoms with Crippen molar-refractivity contribution in [1.82, 2.24) is 39.7 Å². The maximum absolute atomic E-state index is 14.5. The molecule has 2 saturated carbocycles. The number of piperidine rings is 2. The lowest BCUT2D eigenvalue weighted by Gasteiger charge is -2.21. The fourth-order valence-corrected chi connectivity index (χ4v) is 10.1. The average Bonchev–Trinajstić information content (AvgIpc) is 4.19. The van der Waals surface area contributed by atoms with Crippen LogP contribution in [0.3, 0.4) is 0 Å². The molecule has 6 heterocycles. The number of benzene rings is 4. The van der Waals surface area contributed by atoms with Crippen molar-refractivity contribution in [2.45, 2.75) is 36.9 Å². The summed E-state index contributed by atoms with van der Waals surface area (Å²) in [7, 11) is 0. The van der Waals surface area contributed by atoms with Crippen molar-refractivity contribution in [3.05, 3.63) is 178 Å². The number of hydrogen-bond acceptors (Lipinski definition) is 12. The van der Waals surface area contributed by atoms with Crippen LogP contribution < -0.4 is 10.6 Å². The smallest absolute Gasteiger partial charge is 0.410 e. The van der Waals surface area contributed by atoms with Crippen LogP contribution in [0.15, 0.2) is 134 Å². The van der Waals surface area contributed by atoms with E-state index < -0.39 is 11.6 Å². The van der Waals surface area contributed by atoms with Gasteiger partial charge in [-0.05, 0) is 84.3 Å². The normalized spacial score (nSPS) is 20.5. The molecule has 18 heteroatoms. The SMILES string of the molecule is O=C(OCc1ccccc1)N1CC2CC2(c2ccc3ncnc(Nc4cccc(Cl)c4F)c3n2)C1.O=C(OCc1ccccc1)N1C[C@H]2C[C@@]2(c2ccc3ncnc(Nc4cccc(Cl)c4F)c3n2)C1. The number of rotatable bonds is 10. The lowest BCUT2D eigenvalue weighted by atomic mass is 10.0. The number of fused-ring (bicyclic) bond motifs is 4. The third-order valence-corrected chi connectivity index (χ3v) is 14.2. The van der Waals surface area contributed by atoms with E-state index in [1.165, 1.54) is 24.8 Å². The number of amides is 2. The molecule has 8 aromatic rings. The van der Waals surface area contributed by atoms with Gasteiger partial charge in [-0.25, -0.2) is 48.3 Å². The predicted octanol–water partition coefficient (Wildman–Crippen LogP) is 10.9. The molecule has 14 nitrogen and oxygen atoms in total. The minimum absolute atomic E-state index is 0.0203. The second-order valence-corrected chi connectivity index (χ2v) is 18.8. The van der Waals surface area contributed by atoms with Crippen LogP contribution in [-0.4, -0.2) is 78.1 Å². The summed E-state index contributed by atoms with van der Waals surface area (Å²) in [6.07, 6.45) is 4.09. The molecule has 2 aliphatic carbocycles. The Morgan fingerprint density at radius 2 is 1.00 bits per heavy atom. The number of aromatic nitrogens is 6. The Morgan fingerprint density at radius 1 is 0.571 bits per heavy atom. The zero-order valence-corrected chi connectivity index (χ0v) is 38.7. The molecule has 2 aliphatic heterocycles. The van der Waals surface area contributed by atoms with Gasteiger partial charge in [0.25, 0.3) is 0 Å². The monoisotopic (exact) mass is 978 g/mol. The van der Waals surface area contributed by atoms with Crippen molar-refractivity contribution in [3.8, 4) is 0 Å². The first kappa shape index (κ1) is 44.9. The van der Waals surface area contributed by atoms with Crippen LogP contribution in [-0.2, 0) is 33.5 Å². The average molecular weight is 980 g/mol. The van der Waals surface area contributed by atoms with E-state index in [1.807, 2.05) is 84.9 Å². The molecular weight excluding hydrogens is 938 g/mol. The zero-order valence-electron chi connectivity index (χ0n) is 37.2. The van der Waals surface area contributed by atoms with Crippen LogP contribution >= 0.6 is 23.2 Å². The van der Waals surface area contributed by atoms with Crippen molar-refractivity contribution in [2.75, 3.05) is 36.8 Å². The van der Waals surface area contributed by atoms with Gasteiger partial charge in [0, 0.05) is 48.4 Å². The number of hydrogen-bond donors (Lipinski definition) is 2. The van der Waals surface area contributed by atoms with Crippen LogP contribution in [0.4, 0.5) is 41.4 Å².